The van der Waals surface area contributed by atoms with Crippen LogP contribution in [-0.2, 0) is 11.3 Å². The Morgan fingerprint density at radius 2 is 2.00 bits per heavy atom. The maximum Gasteiger partial charge on any atom is 0.327 e. The van der Waals surface area contributed by atoms with Crippen molar-refractivity contribution in [2.45, 2.75) is 25.8 Å². The highest BCUT2D eigenvalue weighted by Gasteiger charge is 2.30. The van der Waals surface area contributed by atoms with E-state index in [1.54, 1.807) is 6.07 Å². The first kappa shape index (κ1) is 21.8. The highest BCUT2D eigenvalue weighted by Crippen LogP contribution is 2.32. The summed E-state index contributed by atoms with van der Waals surface area (Å²) < 4.78 is 31.9. The molecule has 0 saturated carbocycles. The van der Waals surface area contributed by atoms with Gasteiger partial charge in [-0.25, -0.2) is 8.78 Å². The molecule has 3 heterocycles. The van der Waals surface area contributed by atoms with Gasteiger partial charge in [0.05, 0.1) is 0 Å². The van der Waals surface area contributed by atoms with E-state index in [0.29, 0.717) is 31.7 Å². The second-order valence-corrected chi connectivity index (χ2v) is 7.68. The summed E-state index contributed by atoms with van der Waals surface area (Å²) in [5.41, 5.74) is -0.350. The van der Waals surface area contributed by atoms with Gasteiger partial charge in [-0.3, -0.25) is 9.59 Å². The normalized spacial score (nSPS) is 14.8. The van der Waals surface area contributed by atoms with Gasteiger partial charge < -0.3 is 14.5 Å². The summed E-state index contributed by atoms with van der Waals surface area (Å²) in [6, 6.07) is 5.43. The number of hydrogen-bond donors (Lipinski definition) is 1. The number of anilines is 1. The van der Waals surface area contributed by atoms with Gasteiger partial charge in [-0.1, -0.05) is 22.8 Å². The van der Waals surface area contributed by atoms with Crippen LogP contribution in [0.3, 0.4) is 0 Å². The molecule has 1 N–H and O–H groups in total. The number of ketones is 1. The molecule has 1 aliphatic heterocycles. The molecule has 3 aromatic rings. The third-order valence-electron chi connectivity index (χ3n) is 5.15. The van der Waals surface area contributed by atoms with Crippen molar-refractivity contribution in [1.29, 1.82) is 0 Å². The molecule has 13 heteroatoms. The topological polar surface area (TPSA) is 127 Å². The second-order valence-electron chi connectivity index (χ2n) is 7.24. The number of Topliss-reactive ketones (excluding diaryl/α,β-unsaturated/α-hetero) is 1. The lowest BCUT2D eigenvalue weighted by atomic mass is 9.87. The molecule has 0 atom stereocenters. The van der Waals surface area contributed by atoms with Gasteiger partial charge in [0.25, 0.3) is 6.43 Å². The molecule has 32 heavy (non-hydrogen) atoms. The Labute approximate surface area is 184 Å². The highest BCUT2D eigenvalue weighted by atomic mass is 35.5. The summed E-state index contributed by atoms with van der Waals surface area (Å²) in [4.78, 5) is 26.4. The zero-order chi connectivity index (χ0) is 22.8. The molecule has 1 fully saturated rings. The van der Waals surface area contributed by atoms with Crippen molar-refractivity contribution in [2.24, 2.45) is 5.92 Å². The Hall–Kier alpha value is -3.41. The first-order valence-electron chi connectivity index (χ1n) is 9.65. The number of carboxylic acid groups (broad SMARTS) is 1. The van der Waals surface area contributed by atoms with Crippen LogP contribution in [-0.4, -0.2) is 55.3 Å². The zero-order valence-corrected chi connectivity index (χ0v) is 17.2. The van der Waals surface area contributed by atoms with Crippen molar-refractivity contribution in [3.63, 3.8) is 0 Å². The van der Waals surface area contributed by atoms with Gasteiger partial charge in [-0.15, -0.1) is 10.2 Å². The standard InChI is InChI=1S/C19H17ClF2N6O4/c20-11-1-2-12(18(21)22)13(7-11)17(31)10-3-5-27(6-4-10)15-8-14(32-25-15)19-23-26-28(24-19)9-16(29)30/h1-2,7-8,10,18H,3-6,9H2,(H,29,30). The molecule has 4 rings (SSSR count). The van der Waals surface area contributed by atoms with Gasteiger partial charge >= 0.3 is 5.97 Å². The molecule has 1 aromatic carbocycles. The number of benzene rings is 1. The van der Waals surface area contributed by atoms with Crippen LogP contribution < -0.4 is 4.90 Å². The van der Waals surface area contributed by atoms with E-state index in [0.717, 1.165) is 4.80 Å². The van der Waals surface area contributed by atoms with Crippen molar-refractivity contribution >= 4 is 29.2 Å². The van der Waals surface area contributed by atoms with E-state index < -0.39 is 24.9 Å². The number of tetrazole rings is 1. The van der Waals surface area contributed by atoms with E-state index >= 15 is 0 Å². The predicted octanol–water partition coefficient (Wildman–Crippen LogP) is 3.10. The lowest BCUT2D eigenvalue weighted by molar-refractivity contribution is -0.138. The predicted molar refractivity (Wildman–Crippen MR) is 107 cm³/mol. The minimum absolute atomic E-state index is 0.0369. The molecule has 10 nitrogen and oxygen atoms in total. The van der Waals surface area contributed by atoms with E-state index in [1.165, 1.54) is 18.2 Å². The quantitative estimate of drug-likeness (QED) is 0.522. The molecule has 1 aliphatic rings. The third kappa shape index (κ3) is 4.59. The summed E-state index contributed by atoms with van der Waals surface area (Å²) in [5.74, 6) is -1.06. The van der Waals surface area contributed by atoms with Gasteiger partial charge in [-0.05, 0) is 30.2 Å². The van der Waals surface area contributed by atoms with Gasteiger partial charge in [0.2, 0.25) is 11.6 Å². The number of alkyl halides is 2. The maximum absolute atomic E-state index is 13.3. The summed E-state index contributed by atoms with van der Waals surface area (Å²) in [5, 5.41) is 24.3. The molecule has 0 bridgehead atoms. The number of carbonyl (C=O) groups is 2. The monoisotopic (exact) mass is 466 g/mol. The summed E-state index contributed by atoms with van der Waals surface area (Å²) in [6.07, 6.45) is -1.87. The Kier molecular flexibility index (Phi) is 6.12. The number of aromatic nitrogens is 5. The number of hydrogen-bond acceptors (Lipinski definition) is 8. The van der Waals surface area contributed by atoms with Crippen LogP contribution >= 0.6 is 11.6 Å². The van der Waals surface area contributed by atoms with Crippen molar-refractivity contribution in [2.75, 3.05) is 18.0 Å². The van der Waals surface area contributed by atoms with Crippen LogP contribution in [0.5, 0.6) is 0 Å². The number of nitrogens with zero attached hydrogens (tertiary/aromatic N) is 6. The molecule has 168 valence electrons. The lowest BCUT2D eigenvalue weighted by Gasteiger charge is -2.31. The lowest BCUT2D eigenvalue weighted by Crippen LogP contribution is -2.36. The molecule has 0 unspecified atom stereocenters. The Bertz CT molecular complexity index is 1140. The summed E-state index contributed by atoms with van der Waals surface area (Å²) >= 11 is 5.92. The molecule has 0 aliphatic carbocycles. The fraction of sp³-hybridized carbons (Fsp3) is 0.368. The molecule has 0 spiro atoms. The SMILES string of the molecule is O=C(O)Cn1nnc(-c2cc(N3CCC(C(=O)c4cc(Cl)ccc4C(F)F)CC3)no2)n1. The molecule has 1 saturated heterocycles. The molecular formula is C19H17ClF2N6O4. The molecule has 0 radical (unpaired) electrons. The van der Waals surface area contributed by atoms with Crippen LogP contribution in [0.15, 0.2) is 28.8 Å². The number of carbonyl (C=O) groups excluding carboxylic acids is 1. The Morgan fingerprint density at radius 3 is 2.69 bits per heavy atom. The average molecular weight is 467 g/mol. The second kappa shape index (κ2) is 8.99. The third-order valence-corrected chi connectivity index (χ3v) is 5.39. The van der Waals surface area contributed by atoms with E-state index in [4.69, 9.17) is 21.2 Å². The molecule has 0 amide bonds. The van der Waals surface area contributed by atoms with Crippen LogP contribution in [0.1, 0.15) is 35.2 Å². The van der Waals surface area contributed by atoms with E-state index in [-0.39, 0.29) is 33.5 Å². The van der Waals surface area contributed by atoms with Gasteiger partial charge in [0.15, 0.2) is 18.1 Å². The summed E-state index contributed by atoms with van der Waals surface area (Å²) in [7, 11) is 0. The van der Waals surface area contributed by atoms with Gasteiger partial charge in [-0.2, -0.15) is 4.80 Å². The number of carboxylic acids is 1. The van der Waals surface area contributed by atoms with Crippen molar-refractivity contribution in [3.05, 3.63) is 40.4 Å². The van der Waals surface area contributed by atoms with Crippen molar-refractivity contribution < 1.29 is 28.0 Å². The Morgan fingerprint density at radius 1 is 1.25 bits per heavy atom. The first-order valence-corrected chi connectivity index (χ1v) is 10.0. The summed E-state index contributed by atoms with van der Waals surface area (Å²) in [6.45, 7) is 0.494. The maximum atomic E-state index is 13.3. The van der Waals surface area contributed by atoms with Crippen LogP contribution in [0.25, 0.3) is 11.6 Å². The van der Waals surface area contributed by atoms with Crippen molar-refractivity contribution in [1.82, 2.24) is 25.4 Å². The van der Waals surface area contributed by atoms with Crippen LogP contribution in [0.2, 0.25) is 5.02 Å². The number of rotatable bonds is 7. The highest BCUT2D eigenvalue weighted by molar-refractivity contribution is 6.31. The molecular weight excluding hydrogens is 450 g/mol. The average Bonchev–Trinajstić information content (AvgIpc) is 3.42. The first-order chi connectivity index (χ1) is 15.3. The van der Waals surface area contributed by atoms with Gasteiger partial charge in [0.1, 0.15) is 0 Å². The van der Waals surface area contributed by atoms with Crippen LogP contribution in [0.4, 0.5) is 14.6 Å². The number of halogens is 3. The fourth-order valence-corrected chi connectivity index (χ4v) is 3.75. The largest absolute Gasteiger partial charge is 0.480 e. The zero-order valence-electron chi connectivity index (χ0n) is 16.5. The van der Waals surface area contributed by atoms with Crippen molar-refractivity contribution in [3.8, 4) is 11.6 Å². The fourth-order valence-electron chi connectivity index (χ4n) is 3.57. The Balaban J connectivity index is 1.41. The number of aliphatic carboxylic acids is 1. The number of piperidine rings is 1. The van der Waals surface area contributed by atoms with E-state index in [2.05, 4.69) is 20.6 Å². The molecule has 2 aromatic heterocycles. The van der Waals surface area contributed by atoms with E-state index in [9.17, 15) is 18.4 Å². The van der Waals surface area contributed by atoms with Gasteiger partial charge in [0, 0.05) is 41.2 Å². The minimum atomic E-state index is -2.76. The van der Waals surface area contributed by atoms with Crippen LogP contribution in [0, 0.1) is 5.92 Å². The minimum Gasteiger partial charge on any atom is -0.480 e. The van der Waals surface area contributed by atoms with E-state index in [1.807, 2.05) is 4.90 Å². The smallest absolute Gasteiger partial charge is 0.327 e.